The van der Waals surface area contributed by atoms with Crippen molar-refractivity contribution in [3.05, 3.63) is 31.5 Å². The number of hydrogen-bond donors (Lipinski definition) is 2. The maximum atomic E-state index is 11.6. The van der Waals surface area contributed by atoms with Crippen LogP contribution in [0.3, 0.4) is 0 Å². The number of hydrogen-bond acceptors (Lipinski definition) is 3. The van der Waals surface area contributed by atoms with E-state index in [1.54, 1.807) is 0 Å². The van der Waals surface area contributed by atoms with Crippen molar-refractivity contribution in [3.8, 4) is 0 Å². The van der Waals surface area contributed by atoms with Crippen LogP contribution in [-0.4, -0.2) is 22.0 Å². The number of carbonyl (C=O) groups excluding carboxylic acids is 1. The molecule has 1 saturated carbocycles. The average molecular weight is 316 g/mol. The maximum absolute atomic E-state index is 11.6. The summed E-state index contributed by atoms with van der Waals surface area (Å²) in [5, 5.41) is 2.78. The number of nitrogens with one attached hydrogen (secondary N) is 2. The summed E-state index contributed by atoms with van der Waals surface area (Å²) in [4.78, 5) is 36.3. The molecule has 0 bridgehead atoms. The third-order valence-electron chi connectivity index (χ3n) is 3.12. The lowest BCUT2D eigenvalue weighted by atomic mass is 10.3. The van der Waals surface area contributed by atoms with Gasteiger partial charge in [-0.25, -0.2) is 4.79 Å². The summed E-state index contributed by atoms with van der Waals surface area (Å²) in [6, 6.07) is 0. The quantitative estimate of drug-likeness (QED) is 0.824. The summed E-state index contributed by atoms with van der Waals surface area (Å²) in [6.07, 6.45) is 2.46. The normalized spacial score (nSPS) is 21.7. The average Bonchev–Trinajstić information content (AvgIpc) is 3.00. The summed E-state index contributed by atoms with van der Waals surface area (Å²) in [5.41, 5.74) is -1.08. The van der Waals surface area contributed by atoms with Gasteiger partial charge in [-0.15, -0.1) is 0 Å². The Hall–Kier alpha value is -1.37. The standard InChI is InChI=1S/C11H14BrN3O3/c1-6-2-7(6)3-13-9(16)5-15-4-8(12)10(17)14-11(15)18/h4,6-7H,2-3,5H2,1H3,(H,13,16)(H,14,17,18). The van der Waals surface area contributed by atoms with Gasteiger partial charge in [-0.05, 0) is 34.2 Å². The zero-order chi connectivity index (χ0) is 13.3. The van der Waals surface area contributed by atoms with Crippen molar-refractivity contribution in [1.29, 1.82) is 0 Å². The van der Waals surface area contributed by atoms with Crippen molar-refractivity contribution < 1.29 is 4.79 Å². The van der Waals surface area contributed by atoms with Gasteiger partial charge in [0.15, 0.2) is 0 Å². The molecule has 2 unspecified atom stereocenters. The van der Waals surface area contributed by atoms with E-state index in [4.69, 9.17) is 0 Å². The highest BCUT2D eigenvalue weighted by molar-refractivity contribution is 9.10. The summed E-state index contributed by atoms with van der Waals surface area (Å²) in [7, 11) is 0. The number of halogens is 1. The molecule has 6 nitrogen and oxygen atoms in total. The number of amides is 1. The molecule has 18 heavy (non-hydrogen) atoms. The highest BCUT2D eigenvalue weighted by Crippen LogP contribution is 2.36. The fourth-order valence-electron chi connectivity index (χ4n) is 1.74. The van der Waals surface area contributed by atoms with Crippen molar-refractivity contribution in [2.45, 2.75) is 19.9 Å². The number of nitrogens with zero attached hydrogens (tertiary/aromatic N) is 1. The lowest BCUT2D eigenvalue weighted by Crippen LogP contribution is -2.36. The second kappa shape index (κ2) is 5.09. The summed E-state index contributed by atoms with van der Waals surface area (Å²) >= 11 is 3.02. The molecule has 0 aromatic carbocycles. The van der Waals surface area contributed by atoms with E-state index in [9.17, 15) is 14.4 Å². The molecule has 1 heterocycles. The van der Waals surface area contributed by atoms with Crippen LogP contribution in [0.15, 0.2) is 20.3 Å². The van der Waals surface area contributed by atoms with Crippen molar-refractivity contribution in [2.75, 3.05) is 6.54 Å². The summed E-state index contributed by atoms with van der Waals surface area (Å²) < 4.78 is 1.39. The molecule has 7 heteroatoms. The van der Waals surface area contributed by atoms with Gasteiger partial charge in [0.05, 0.1) is 4.47 Å². The molecule has 1 aliphatic rings. The van der Waals surface area contributed by atoms with Gasteiger partial charge in [-0.2, -0.15) is 0 Å². The van der Waals surface area contributed by atoms with Crippen LogP contribution in [-0.2, 0) is 11.3 Å². The number of aromatic amines is 1. The van der Waals surface area contributed by atoms with Crippen molar-refractivity contribution >= 4 is 21.8 Å². The van der Waals surface area contributed by atoms with Crippen LogP contribution in [0.5, 0.6) is 0 Å². The topological polar surface area (TPSA) is 84.0 Å². The number of carbonyl (C=O) groups is 1. The Labute approximate surface area is 112 Å². The Kier molecular flexibility index (Phi) is 3.70. The fraction of sp³-hybridized carbons (Fsp3) is 0.545. The Morgan fingerprint density at radius 1 is 1.61 bits per heavy atom. The molecule has 0 aliphatic heterocycles. The number of rotatable bonds is 4. The SMILES string of the molecule is CC1CC1CNC(=O)Cn1cc(Br)c(=O)[nH]c1=O. The van der Waals surface area contributed by atoms with E-state index in [0.29, 0.717) is 18.4 Å². The van der Waals surface area contributed by atoms with E-state index in [2.05, 4.69) is 33.2 Å². The van der Waals surface area contributed by atoms with E-state index in [1.165, 1.54) is 6.20 Å². The van der Waals surface area contributed by atoms with Gasteiger partial charge >= 0.3 is 5.69 Å². The minimum absolute atomic E-state index is 0.0880. The van der Waals surface area contributed by atoms with Gasteiger partial charge in [-0.3, -0.25) is 19.1 Å². The molecule has 2 N–H and O–H groups in total. The number of H-pyrrole nitrogens is 1. The van der Waals surface area contributed by atoms with Gasteiger partial charge in [-0.1, -0.05) is 6.92 Å². The molecule has 0 spiro atoms. The van der Waals surface area contributed by atoms with E-state index >= 15 is 0 Å². The third-order valence-corrected chi connectivity index (χ3v) is 3.68. The minimum atomic E-state index is -0.585. The second-order valence-corrected chi connectivity index (χ2v) is 5.50. The summed E-state index contributed by atoms with van der Waals surface area (Å²) in [6.45, 7) is 2.70. The molecule has 2 atom stereocenters. The molecule has 0 saturated heterocycles. The van der Waals surface area contributed by atoms with E-state index in [1.807, 2.05) is 0 Å². The molecular formula is C11H14BrN3O3. The predicted molar refractivity (Wildman–Crippen MR) is 69.3 cm³/mol. The third kappa shape index (κ3) is 3.10. The van der Waals surface area contributed by atoms with Crippen LogP contribution in [0, 0.1) is 11.8 Å². The molecule has 98 valence electrons. The minimum Gasteiger partial charge on any atom is -0.354 e. The first-order chi connectivity index (χ1) is 8.47. The summed E-state index contributed by atoms with van der Waals surface area (Å²) in [5.74, 6) is 1.01. The monoisotopic (exact) mass is 315 g/mol. The van der Waals surface area contributed by atoms with Crippen LogP contribution in [0.1, 0.15) is 13.3 Å². The molecule has 0 radical (unpaired) electrons. The first-order valence-electron chi connectivity index (χ1n) is 5.73. The fourth-order valence-corrected chi connectivity index (χ4v) is 2.09. The molecule has 1 aliphatic carbocycles. The van der Waals surface area contributed by atoms with Crippen molar-refractivity contribution in [1.82, 2.24) is 14.9 Å². The second-order valence-electron chi connectivity index (χ2n) is 4.64. The Bertz CT molecular complexity index is 578. The van der Waals surface area contributed by atoms with E-state index in [0.717, 1.165) is 11.0 Å². The molecule has 1 aromatic heterocycles. The molecule has 2 rings (SSSR count). The van der Waals surface area contributed by atoms with Crippen LogP contribution >= 0.6 is 15.9 Å². The molecular weight excluding hydrogens is 302 g/mol. The Morgan fingerprint density at radius 2 is 2.28 bits per heavy atom. The van der Waals surface area contributed by atoms with E-state index < -0.39 is 11.2 Å². The molecule has 1 amide bonds. The first-order valence-corrected chi connectivity index (χ1v) is 6.52. The zero-order valence-corrected chi connectivity index (χ0v) is 11.5. The Morgan fingerprint density at radius 3 is 2.89 bits per heavy atom. The van der Waals surface area contributed by atoms with Gasteiger partial charge in [0, 0.05) is 12.7 Å². The highest BCUT2D eigenvalue weighted by Gasteiger charge is 2.32. The van der Waals surface area contributed by atoms with E-state index in [-0.39, 0.29) is 16.9 Å². The predicted octanol–water partition coefficient (Wildman–Crippen LogP) is 0.0713. The van der Waals surface area contributed by atoms with Crippen LogP contribution in [0.4, 0.5) is 0 Å². The molecule has 1 fully saturated rings. The van der Waals surface area contributed by atoms with Crippen LogP contribution in [0.25, 0.3) is 0 Å². The van der Waals surface area contributed by atoms with Gasteiger partial charge in [0.1, 0.15) is 6.54 Å². The van der Waals surface area contributed by atoms with Crippen LogP contribution in [0.2, 0.25) is 0 Å². The van der Waals surface area contributed by atoms with Gasteiger partial charge in [0.25, 0.3) is 5.56 Å². The van der Waals surface area contributed by atoms with Crippen molar-refractivity contribution in [3.63, 3.8) is 0 Å². The zero-order valence-electron chi connectivity index (χ0n) is 9.90. The van der Waals surface area contributed by atoms with Gasteiger partial charge in [0.2, 0.25) is 5.91 Å². The van der Waals surface area contributed by atoms with Gasteiger partial charge < -0.3 is 5.32 Å². The number of aromatic nitrogens is 2. The smallest absolute Gasteiger partial charge is 0.328 e. The van der Waals surface area contributed by atoms with Crippen LogP contribution < -0.4 is 16.6 Å². The lowest BCUT2D eigenvalue weighted by Gasteiger charge is -2.06. The lowest BCUT2D eigenvalue weighted by molar-refractivity contribution is -0.121. The maximum Gasteiger partial charge on any atom is 0.328 e. The largest absolute Gasteiger partial charge is 0.354 e. The molecule has 1 aromatic rings. The van der Waals surface area contributed by atoms with Crippen molar-refractivity contribution in [2.24, 2.45) is 11.8 Å². The Balaban J connectivity index is 1.96. The highest BCUT2D eigenvalue weighted by atomic mass is 79.9. The first kappa shape index (κ1) is 13.1.